The number of hydrogen-bond donors (Lipinski definition) is 3. The predicted molar refractivity (Wildman–Crippen MR) is 144 cm³/mol. The van der Waals surface area contributed by atoms with Gasteiger partial charge in [0.2, 0.25) is 0 Å². The number of para-hydroxylation sites is 1. The van der Waals surface area contributed by atoms with E-state index in [1.165, 1.54) is 38.4 Å². The lowest BCUT2D eigenvalue weighted by Gasteiger charge is -2.13. The second-order valence-electron chi connectivity index (χ2n) is 8.11. The molecule has 10 nitrogen and oxygen atoms in total. The molecule has 3 aromatic rings. The summed E-state index contributed by atoms with van der Waals surface area (Å²) in [6.45, 7) is 3.30. The van der Waals surface area contributed by atoms with Crippen molar-refractivity contribution in [1.29, 1.82) is 0 Å². The molecule has 1 atom stereocenters. The third-order valence-corrected chi connectivity index (χ3v) is 5.26. The Morgan fingerprint density at radius 3 is 2.44 bits per heavy atom. The van der Waals surface area contributed by atoms with E-state index in [1.807, 2.05) is 0 Å². The summed E-state index contributed by atoms with van der Waals surface area (Å²) in [5.41, 5.74) is 3.40. The molecular formula is C28H29FN4O6. The van der Waals surface area contributed by atoms with Gasteiger partial charge < -0.3 is 24.8 Å². The van der Waals surface area contributed by atoms with Crippen LogP contribution in [0.5, 0.6) is 17.2 Å². The van der Waals surface area contributed by atoms with Gasteiger partial charge in [-0.2, -0.15) is 5.10 Å². The van der Waals surface area contributed by atoms with Gasteiger partial charge in [0.1, 0.15) is 17.6 Å². The van der Waals surface area contributed by atoms with Gasteiger partial charge in [-0.1, -0.05) is 12.1 Å². The number of nitrogens with one attached hydrogen (secondary N) is 3. The summed E-state index contributed by atoms with van der Waals surface area (Å²) in [6, 6.07) is 16.3. The first-order valence-electron chi connectivity index (χ1n) is 12.0. The number of hydrogen-bond acceptors (Lipinski definition) is 7. The van der Waals surface area contributed by atoms with Crippen LogP contribution in [0.2, 0.25) is 0 Å². The van der Waals surface area contributed by atoms with Gasteiger partial charge >= 0.3 is 0 Å². The van der Waals surface area contributed by atoms with Crippen molar-refractivity contribution in [3.63, 3.8) is 0 Å². The minimum absolute atomic E-state index is 0.0550. The van der Waals surface area contributed by atoms with Crippen molar-refractivity contribution in [3.8, 4) is 17.2 Å². The molecule has 0 saturated heterocycles. The maximum atomic E-state index is 13.7. The van der Waals surface area contributed by atoms with Gasteiger partial charge in [-0.15, -0.1) is 0 Å². The highest BCUT2D eigenvalue weighted by molar-refractivity contribution is 5.97. The van der Waals surface area contributed by atoms with Gasteiger partial charge in [0.25, 0.3) is 17.7 Å². The van der Waals surface area contributed by atoms with Gasteiger partial charge in [0, 0.05) is 5.56 Å². The quantitative estimate of drug-likeness (QED) is 0.240. The highest BCUT2D eigenvalue weighted by Crippen LogP contribution is 2.28. The van der Waals surface area contributed by atoms with Crippen LogP contribution in [-0.2, 0) is 9.59 Å². The van der Waals surface area contributed by atoms with E-state index < -0.39 is 29.6 Å². The van der Waals surface area contributed by atoms with Crippen LogP contribution >= 0.6 is 0 Å². The monoisotopic (exact) mass is 536 g/mol. The first-order chi connectivity index (χ1) is 18.8. The lowest BCUT2D eigenvalue weighted by Crippen LogP contribution is -2.43. The van der Waals surface area contributed by atoms with E-state index in [0.717, 1.165) is 0 Å². The Kier molecular flexibility index (Phi) is 10.4. The zero-order valence-electron chi connectivity index (χ0n) is 21.7. The van der Waals surface area contributed by atoms with Crippen molar-refractivity contribution < 1.29 is 33.0 Å². The van der Waals surface area contributed by atoms with Crippen molar-refractivity contribution in [1.82, 2.24) is 10.7 Å². The van der Waals surface area contributed by atoms with Gasteiger partial charge in [0.05, 0.1) is 25.6 Å². The molecule has 1 unspecified atom stereocenters. The number of rotatable bonds is 12. The summed E-state index contributed by atoms with van der Waals surface area (Å²) in [7, 11) is 1.53. The normalized spacial score (nSPS) is 11.4. The van der Waals surface area contributed by atoms with Gasteiger partial charge in [-0.05, 0) is 74.0 Å². The largest absolute Gasteiger partial charge is 0.497 e. The number of benzene rings is 3. The molecule has 3 N–H and O–H groups in total. The molecule has 0 spiro atoms. The van der Waals surface area contributed by atoms with Crippen molar-refractivity contribution in [3.05, 3.63) is 83.7 Å². The topological polar surface area (TPSA) is 127 Å². The van der Waals surface area contributed by atoms with Crippen LogP contribution in [0.3, 0.4) is 0 Å². The summed E-state index contributed by atoms with van der Waals surface area (Å²) in [4.78, 5) is 36.9. The molecule has 0 aliphatic carbocycles. The fraction of sp³-hybridized carbons (Fsp3) is 0.214. The molecule has 204 valence electrons. The molecule has 0 aromatic heterocycles. The number of carbonyl (C=O) groups is 3. The number of nitrogens with zero attached hydrogens (tertiary/aromatic N) is 1. The van der Waals surface area contributed by atoms with Gasteiger partial charge in [-0.3, -0.25) is 14.4 Å². The number of amides is 3. The second-order valence-corrected chi connectivity index (χ2v) is 8.11. The molecule has 0 aliphatic heterocycles. The molecule has 0 heterocycles. The zero-order chi connectivity index (χ0) is 28.2. The van der Waals surface area contributed by atoms with Crippen molar-refractivity contribution in [2.75, 3.05) is 25.6 Å². The van der Waals surface area contributed by atoms with Crippen LogP contribution < -0.4 is 30.3 Å². The van der Waals surface area contributed by atoms with Crippen LogP contribution in [0.1, 0.15) is 29.8 Å². The molecule has 3 amide bonds. The number of methoxy groups -OCH3 is 1. The Hall–Kier alpha value is -4.93. The number of hydrazone groups is 1. The van der Waals surface area contributed by atoms with Crippen molar-refractivity contribution in [2.24, 2.45) is 5.10 Å². The molecule has 3 aromatic carbocycles. The molecule has 0 aliphatic rings. The highest BCUT2D eigenvalue weighted by atomic mass is 19.1. The molecule has 39 heavy (non-hydrogen) atoms. The Morgan fingerprint density at radius 2 is 1.74 bits per heavy atom. The Labute approximate surface area is 225 Å². The summed E-state index contributed by atoms with van der Waals surface area (Å²) < 4.78 is 29.9. The van der Waals surface area contributed by atoms with E-state index in [1.54, 1.807) is 55.5 Å². The summed E-state index contributed by atoms with van der Waals surface area (Å²) in [5, 5.41) is 8.98. The van der Waals surface area contributed by atoms with E-state index in [4.69, 9.17) is 14.2 Å². The van der Waals surface area contributed by atoms with E-state index in [0.29, 0.717) is 35.0 Å². The van der Waals surface area contributed by atoms with Crippen LogP contribution in [-0.4, -0.2) is 50.3 Å². The van der Waals surface area contributed by atoms with Crippen LogP contribution in [0.25, 0.3) is 0 Å². The first kappa shape index (κ1) is 28.6. The van der Waals surface area contributed by atoms with E-state index >= 15 is 0 Å². The number of carbonyl (C=O) groups excluding carboxylic acids is 3. The van der Waals surface area contributed by atoms with Crippen molar-refractivity contribution in [2.45, 2.75) is 19.9 Å². The molecule has 11 heteroatoms. The molecule has 3 rings (SSSR count). The fourth-order valence-electron chi connectivity index (χ4n) is 3.24. The van der Waals surface area contributed by atoms with Gasteiger partial charge in [-0.25, -0.2) is 9.82 Å². The number of ether oxygens (including phenoxy) is 3. The fourth-order valence-corrected chi connectivity index (χ4v) is 3.24. The molecule has 0 bridgehead atoms. The minimum Gasteiger partial charge on any atom is -0.497 e. The van der Waals surface area contributed by atoms with Crippen LogP contribution in [0.4, 0.5) is 10.1 Å². The third-order valence-electron chi connectivity index (χ3n) is 5.26. The Balaban J connectivity index is 1.54. The summed E-state index contributed by atoms with van der Waals surface area (Å²) in [6.07, 6.45) is 1.40. The second kappa shape index (κ2) is 14.1. The number of anilines is 1. The Bertz CT molecular complexity index is 1330. The van der Waals surface area contributed by atoms with E-state index in [2.05, 4.69) is 21.2 Å². The maximum Gasteiger partial charge on any atom is 0.262 e. The first-order valence-corrected chi connectivity index (χ1v) is 12.0. The average molecular weight is 537 g/mol. The Morgan fingerprint density at radius 1 is 1.00 bits per heavy atom. The smallest absolute Gasteiger partial charge is 0.262 e. The van der Waals surface area contributed by atoms with Gasteiger partial charge in [0.15, 0.2) is 18.1 Å². The molecule has 0 radical (unpaired) electrons. The third kappa shape index (κ3) is 8.56. The van der Waals surface area contributed by atoms with Crippen LogP contribution in [0, 0.1) is 5.82 Å². The van der Waals surface area contributed by atoms with E-state index in [9.17, 15) is 18.8 Å². The average Bonchev–Trinajstić information content (AvgIpc) is 2.94. The zero-order valence-corrected chi connectivity index (χ0v) is 21.7. The van der Waals surface area contributed by atoms with Crippen molar-refractivity contribution >= 4 is 29.6 Å². The molecule has 0 saturated carbocycles. The minimum atomic E-state index is -0.845. The predicted octanol–water partition coefficient (Wildman–Crippen LogP) is 3.52. The molecule has 0 fully saturated rings. The number of halogens is 1. The maximum absolute atomic E-state index is 13.7. The lowest BCUT2D eigenvalue weighted by atomic mass is 10.2. The summed E-state index contributed by atoms with van der Waals surface area (Å²) >= 11 is 0. The van der Waals surface area contributed by atoms with Crippen LogP contribution in [0.15, 0.2) is 71.8 Å². The standard InChI is InChI=1S/C28H29FN4O6/c1-4-38-25-15-19(9-14-24(25)39-17-26(34)32-23-8-6-5-7-22(23)29)16-30-33-27(35)18(2)31-28(36)20-10-12-21(37-3)13-11-20/h5-16,18H,4,17H2,1-3H3,(H,31,36)(H,32,34)(H,33,35). The van der Waals surface area contributed by atoms with E-state index in [-0.39, 0.29) is 12.3 Å². The highest BCUT2D eigenvalue weighted by Gasteiger charge is 2.16. The lowest BCUT2D eigenvalue weighted by molar-refractivity contribution is -0.122. The SMILES string of the molecule is CCOc1cc(C=NNC(=O)C(C)NC(=O)c2ccc(OC)cc2)ccc1OCC(=O)Nc1ccccc1F. The molecular weight excluding hydrogens is 507 g/mol. The summed E-state index contributed by atoms with van der Waals surface area (Å²) in [5.74, 6) is -0.746.